The predicted molar refractivity (Wildman–Crippen MR) is 176 cm³/mol. The summed E-state index contributed by atoms with van der Waals surface area (Å²) in [4.78, 5) is 49.1. The minimum absolute atomic E-state index is 0.147. The van der Waals surface area contributed by atoms with E-state index in [4.69, 9.17) is 16.3 Å². The van der Waals surface area contributed by atoms with E-state index < -0.39 is 35.1 Å². The molecule has 1 spiro atoms. The number of nitrogens with zero attached hydrogens (tertiary/aromatic N) is 3. The topological polar surface area (TPSA) is 90.4 Å². The second-order valence-electron chi connectivity index (χ2n) is 12.7. The maximum Gasteiger partial charge on any atom is 0.253 e. The second kappa shape index (κ2) is 13.1. The van der Waals surface area contributed by atoms with Gasteiger partial charge in [0.1, 0.15) is 11.6 Å². The molecule has 9 heteroatoms. The van der Waals surface area contributed by atoms with E-state index in [0.29, 0.717) is 43.1 Å². The molecule has 5 rings (SSSR count). The molecule has 3 aliphatic rings. The minimum atomic E-state index is -1.26. The van der Waals surface area contributed by atoms with Crippen molar-refractivity contribution in [2.24, 2.45) is 11.8 Å². The quantitative estimate of drug-likeness (QED) is 0.315. The molecule has 3 amide bonds. The highest BCUT2D eigenvalue weighted by atomic mass is 35.5. The van der Waals surface area contributed by atoms with Crippen LogP contribution in [0.25, 0.3) is 0 Å². The maximum atomic E-state index is 15.1. The normalized spacial score (nSPS) is 27.3. The lowest BCUT2D eigenvalue weighted by Crippen LogP contribution is -2.59. The number of halogens is 1. The number of aliphatic hydroxyl groups excluding tert-OH is 1. The first-order chi connectivity index (χ1) is 21.6. The Labute approximate surface area is 271 Å². The van der Waals surface area contributed by atoms with E-state index in [2.05, 4.69) is 13.2 Å². The molecule has 8 nitrogen and oxygen atoms in total. The van der Waals surface area contributed by atoms with Crippen molar-refractivity contribution in [3.63, 3.8) is 0 Å². The molecule has 0 aromatic heterocycles. The molecule has 6 atom stereocenters. The highest BCUT2D eigenvalue weighted by Gasteiger charge is 2.79. The molecular formula is C36H44ClN3O5. The van der Waals surface area contributed by atoms with Gasteiger partial charge in [-0.3, -0.25) is 14.4 Å². The van der Waals surface area contributed by atoms with E-state index in [1.807, 2.05) is 63.2 Å². The molecule has 2 unspecified atom stereocenters. The van der Waals surface area contributed by atoms with Crippen molar-refractivity contribution >= 4 is 35.0 Å². The lowest BCUT2D eigenvalue weighted by Gasteiger charge is -2.40. The summed E-state index contributed by atoms with van der Waals surface area (Å²) in [5.41, 5.74) is 0.0641. The van der Waals surface area contributed by atoms with Gasteiger partial charge in [0.05, 0.1) is 40.8 Å². The van der Waals surface area contributed by atoms with Crippen LogP contribution in [0.1, 0.15) is 44.2 Å². The zero-order chi connectivity index (χ0) is 32.5. The molecule has 3 fully saturated rings. The second-order valence-corrected chi connectivity index (χ2v) is 13.1. The monoisotopic (exact) mass is 633 g/mol. The summed E-state index contributed by atoms with van der Waals surface area (Å²) < 4.78 is 6.89. The number of para-hydroxylation sites is 1. The lowest BCUT2D eigenvalue weighted by atomic mass is 9.66. The van der Waals surface area contributed by atoms with Gasteiger partial charge in [0.15, 0.2) is 0 Å². The number of aliphatic hydroxyl groups is 1. The molecular weight excluding hydrogens is 590 g/mol. The van der Waals surface area contributed by atoms with Crippen LogP contribution in [0.4, 0.5) is 5.69 Å². The standard InChI is InChI=1S/C36H44ClN3O5/c1-6-19-38(20-7-2)32(42)28-29-33(43)40(26(23-41)22-25-14-10-9-11-15-25)31(36(29)18-17-35(28,5)45-36)34(44)39(21-8-3)30-24(4)13-12-16-27(30)37/h6,8-16,26,28-29,31,41H,1,3,7,17-23H2,2,4-5H3/t26-,28+,29+,31?,35-,36?/m1/s1. The molecule has 0 aliphatic carbocycles. The number of rotatable bonds is 13. The van der Waals surface area contributed by atoms with Crippen molar-refractivity contribution in [3.8, 4) is 0 Å². The van der Waals surface area contributed by atoms with Gasteiger partial charge in [-0.2, -0.15) is 0 Å². The zero-order valence-corrected chi connectivity index (χ0v) is 27.2. The predicted octanol–water partition coefficient (Wildman–Crippen LogP) is 4.96. The highest BCUT2D eigenvalue weighted by molar-refractivity contribution is 6.34. The fourth-order valence-electron chi connectivity index (χ4n) is 8.00. The van der Waals surface area contributed by atoms with Crippen molar-refractivity contribution in [1.82, 2.24) is 9.80 Å². The summed E-state index contributed by atoms with van der Waals surface area (Å²) in [6.07, 6.45) is 5.35. The van der Waals surface area contributed by atoms with Gasteiger partial charge in [-0.1, -0.05) is 73.1 Å². The number of carbonyl (C=O) groups is 3. The molecule has 3 heterocycles. The van der Waals surface area contributed by atoms with Gasteiger partial charge >= 0.3 is 0 Å². The zero-order valence-electron chi connectivity index (χ0n) is 26.5. The van der Waals surface area contributed by atoms with Crippen molar-refractivity contribution in [3.05, 3.63) is 90.0 Å². The Morgan fingerprint density at radius 2 is 1.82 bits per heavy atom. The van der Waals surface area contributed by atoms with Gasteiger partial charge < -0.3 is 24.5 Å². The molecule has 0 saturated carbocycles. The molecule has 3 saturated heterocycles. The number of benzene rings is 2. The highest BCUT2D eigenvalue weighted by Crippen LogP contribution is 2.64. The number of hydrogen-bond donors (Lipinski definition) is 1. The van der Waals surface area contributed by atoms with Crippen LogP contribution in [0.3, 0.4) is 0 Å². The molecule has 3 aliphatic heterocycles. The number of amides is 3. The number of ether oxygens (including phenoxy) is 1. The van der Waals surface area contributed by atoms with E-state index in [0.717, 1.165) is 17.5 Å². The molecule has 2 aromatic rings. The third-order valence-electron chi connectivity index (χ3n) is 9.82. The Kier molecular flexibility index (Phi) is 9.59. The first kappa shape index (κ1) is 32.9. The van der Waals surface area contributed by atoms with Crippen LogP contribution in [0.5, 0.6) is 0 Å². The number of carbonyl (C=O) groups excluding carboxylic acids is 3. The smallest absolute Gasteiger partial charge is 0.253 e. The van der Waals surface area contributed by atoms with Gasteiger partial charge in [0, 0.05) is 19.6 Å². The molecule has 45 heavy (non-hydrogen) atoms. The number of aryl methyl sites for hydroxylation is 1. The van der Waals surface area contributed by atoms with E-state index in [1.165, 1.54) is 4.90 Å². The van der Waals surface area contributed by atoms with Crippen LogP contribution in [-0.4, -0.2) is 82.2 Å². The van der Waals surface area contributed by atoms with E-state index >= 15 is 4.79 Å². The SMILES string of the molecule is C=CCN(CCC)C(=O)[C@@H]1[C@H]2C(=O)N([C@@H](CO)Cc3ccccc3)C(C(=O)N(CC=C)c3c(C)cccc3Cl)C23CC[C@@]1(C)O3. The molecule has 1 N–H and O–H groups in total. The van der Waals surface area contributed by atoms with Crippen molar-refractivity contribution in [1.29, 1.82) is 0 Å². The van der Waals surface area contributed by atoms with Gasteiger partial charge in [-0.15, -0.1) is 13.2 Å². The van der Waals surface area contributed by atoms with Crippen LogP contribution in [0, 0.1) is 18.8 Å². The van der Waals surface area contributed by atoms with Gasteiger partial charge in [0.2, 0.25) is 11.8 Å². The number of anilines is 1. The molecule has 240 valence electrons. The van der Waals surface area contributed by atoms with Crippen LogP contribution in [-0.2, 0) is 25.5 Å². The van der Waals surface area contributed by atoms with Crippen LogP contribution in [0.15, 0.2) is 73.8 Å². The minimum Gasteiger partial charge on any atom is -0.394 e. The van der Waals surface area contributed by atoms with Gasteiger partial charge in [0.25, 0.3) is 5.91 Å². The third-order valence-corrected chi connectivity index (χ3v) is 10.1. The third kappa shape index (κ3) is 5.51. The lowest BCUT2D eigenvalue weighted by molar-refractivity contribution is -0.152. The number of hydrogen-bond acceptors (Lipinski definition) is 5. The fraction of sp³-hybridized carbons (Fsp3) is 0.472. The van der Waals surface area contributed by atoms with Crippen LogP contribution >= 0.6 is 11.6 Å². The summed E-state index contributed by atoms with van der Waals surface area (Å²) in [7, 11) is 0. The maximum absolute atomic E-state index is 15.1. The van der Waals surface area contributed by atoms with Crippen molar-refractivity contribution in [2.75, 3.05) is 31.1 Å². The van der Waals surface area contributed by atoms with Crippen molar-refractivity contribution in [2.45, 2.75) is 69.7 Å². The van der Waals surface area contributed by atoms with E-state index in [9.17, 15) is 14.7 Å². The van der Waals surface area contributed by atoms with Crippen LogP contribution in [0.2, 0.25) is 5.02 Å². The Bertz CT molecular complexity index is 1450. The van der Waals surface area contributed by atoms with Gasteiger partial charge in [-0.05, 0) is 56.7 Å². The first-order valence-corrected chi connectivity index (χ1v) is 16.2. The van der Waals surface area contributed by atoms with E-state index in [-0.39, 0.29) is 30.9 Å². The summed E-state index contributed by atoms with van der Waals surface area (Å²) in [5, 5.41) is 11.2. The fourth-order valence-corrected chi connectivity index (χ4v) is 8.32. The first-order valence-electron chi connectivity index (χ1n) is 15.8. The van der Waals surface area contributed by atoms with Gasteiger partial charge in [-0.25, -0.2) is 0 Å². The number of likely N-dealkylation sites (tertiary alicyclic amines) is 1. The molecule has 2 bridgehead atoms. The average Bonchev–Trinajstić information content (AvgIpc) is 3.59. The molecule has 0 radical (unpaired) electrons. The Balaban J connectivity index is 1.66. The summed E-state index contributed by atoms with van der Waals surface area (Å²) in [6.45, 7) is 14.2. The van der Waals surface area contributed by atoms with E-state index in [1.54, 1.807) is 28.0 Å². The molecule has 2 aromatic carbocycles. The largest absolute Gasteiger partial charge is 0.394 e. The van der Waals surface area contributed by atoms with Crippen molar-refractivity contribution < 1.29 is 24.2 Å². The summed E-state index contributed by atoms with van der Waals surface area (Å²) in [6, 6.07) is 13.2. The Morgan fingerprint density at radius 1 is 1.11 bits per heavy atom. The average molecular weight is 634 g/mol. The number of fused-ring (bicyclic) bond motifs is 1. The van der Waals surface area contributed by atoms with Crippen LogP contribution < -0.4 is 4.90 Å². The Morgan fingerprint density at radius 3 is 2.44 bits per heavy atom. The summed E-state index contributed by atoms with van der Waals surface area (Å²) >= 11 is 6.70. The summed E-state index contributed by atoms with van der Waals surface area (Å²) in [5.74, 6) is -2.54. The Hall–Kier alpha value is -3.46.